The van der Waals surface area contributed by atoms with Gasteiger partial charge in [0.25, 0.3) is 0 Å². The molecule has 0 saturated heterocycles. The fourth-order valence-corrected chi connectivity index (χ4v) is 3.80. The van der Waals surface area contributed by atoms with Gasteiger partial charge in [-0.05, 0) is 53.9 Å². The Hall–Kier alpha value is -3.85. The van der Waals surface area contributed by atoms with E-state index in [0.29, 0.717) is 35.8 Å². The summed E-state index contributed by atoms with van der Waals surface area (Å²) in [5, 5.41) is 12.8. The largest absolute Gasteiger partial charge is 0.489 e. The lowest BCUT2D eigenvalue weighted by Gasteiger charge is -2.11. The van der Waals surface area contributed by atoms with Gasteiger partial charge in [-0.2, -0.15) is 0 Å². The van der Waals surface area contributed by atoms with Gasteiger partial charge in [-0.25, -0.2) is 8.42 Å². The molecule has 0 aromatic heterocycles. The third-order valence-corrected chi connectivity index (χ3v) is 6.20. The zero-order valence-corrected chi connectivity index (χ0v) is 20.3. The van der Waals surface area contributed by atoms with Crippen LogP contribution in [0, 0.1) is 0 Å². The highest BCUT2D eigenvalue weighted by molar-refractivity contribution is 7.90. The van der Waals surface area contributed by atoms with E-state index >= 15 is 0 Å². The topological polar surface area (TPSA) is 111 Å². The molecule has 0 aliphatic rings. The summed E-state index contributed by atoms with van der Waals surface area (Å²) >= 11 is 0. The fourth-order valence-electron chi connectivity index (χ4n) is 3.17. The predicted octanol–water partition coefficient (Wildman–Crippen LogP) is 4.12. The molecule has 3 aromatic rings. The number of nitrogens with zero attached hydrogens (tertiary/aromatic N) is 1. The Balaban J connectivity index is 1.53. The van der Waals surface area contributed by atoms with Crippen LogP contribution >= 0.6 is 0 Å². The summed E-state index contributed by atoms with van der Waals surface area (Å²) in [7, 11) is -1.85. The molecule has 0 amide bonds. The van der Waals surface area contributed by atoms with E-state index in [4.69, 9.17) is 19.4 Å². The van der Waals surface area contributed by atoms with E-state index in [0.717, 1.165) is 17.4 Å². The number of hydrogen-bond acceptors (Lipinski definition) is 7. The molecular weight excluding hydrogens is 470 g/mol. The number of ether oxygens (including phenoxy) is 2. The molecule has 0 aliphatic heterocycles. The number of aliphatic carboxylic acids is 1. The van der Waals surface area contributed by atoms with Crippen LogP contribution in [-0.2, 0) is 32.5 Å². The van der Waals surface area contributed by atoms with Gasteiger partial charge < -0.3 is 19.4 Å². The Morgan fingerprint density at radius 2 is 1.43 bits per heavy atom. The summed E-state index contributed by atoms with van der Waals surface area (Å²) in [5.74, 6) is 0.517. The van der Waals surface area contributed by atoms with Crippen LogP contribution in [0.2, 0.25) is 0 Å². The number of benzene rings is 3. The number of hydrogen-bond donors (Lipinski definition) is 1. The molecule has 3 aromatic carbocycles. The predicted molar refractivity (Wildman–Crippen MR) is 132 cm³/mol. The van der Waals surface area contributed by atoms with Crippen molar-refractivity contribution >= 4 is 21.5 Å². The normalized spacial score (nSPS) is 11.7. The van der Waals surface area contributed by atoms with Crippen molar-refractivity contribution in [2.24, 2.45) is 5.16 Å². The third kappa shape index (κ3) is 8.15. The van der Waals surface area contributed by atoms with Gasteiger partial charge in [0.05, 0.1) is 4.90 Å². The van der Waals surface area contributed by atoms with E-state index in [1.54, 1.807) is 12.1 Å². The zero-order valence-electron chi connectivity index (χ0n) is 19.5. The molecular formula is C26H27NO7S. The monoisotopic (exact) mass is 497 g/mol. The molecule has 1 N–H and O–H groups in total. The Kier molecular flexibility index (Phi) is 8.86. The molecule has 0 spiro atoms. The van der Waals surface area contributed by atoms with Crippen LogP contribution in [-0.4, -0.2) is 45.2 Å². The molecule has 9 heteroatoms. The highest BCUT2D eigenvalue weighted by atomic mass is 32.2. The smallest absolute Gasteiger partial charge is 0.303 e. The minimum Gasteiger partial charge on any atom is -0.489 e. The second kappa shape index (κ2) is 12.0. The lowest BCUT2D eigenvalue weighted by Crippen LogP contribution is -2.14. The van der Waals surface area contributed by atoms with Gasteiger partial charge in [0, 0.05) is 18.2 Å². The number of aryl methyl sites for hydroxylation is 1. The summed E-state index contributed by atoms with van der Waals surface area (Å²) in [6, 6.07) is 21.2. The lowest BCUT2D eigenvalue weighted by atomic mass is 10.1. The van der Waals surface area contributed by atoms with Gasteiger partial charge in [-0.15, -0.1) is 0 Å². The van der Waals surface area contributed by atoms with Crippen molar-refractivity contribution in [1.29, 1.82) is 0 Å². The van der Waals surface area contributed by atoms with E-state index < -0.39 is 15.8 Å². The van der Waals surface area contributed by atoms with E-state index in [2.05, 4.69) is 5.16 Å². The fraction of sp³-hybridized carbons (Fsp3) is 0.231. The van der Waals surface area contributed by atoms with Crippen molar-refractivity contribution in [3.63, 3.8) is 0 Å². The maximum absolute atomic E-state index is 11.7. The number of carboxylic acid groups (broad SMARTS) is 1. The Morgan fingerprint density at radius 1 is 0.857 bits per heavy atom. The number of sulfone groups is 1. The Morgan fingerprint density at radius 3 is 1.97 bits per heavy atom. The van der Waals surface area contributed by atoms with Gasteiger partial charge in [0.15, 0.2) is 9.84 Å². The molecule has 0 radical (unpaired) electrons. The highest BCUT2D eigenvalue weighted by Gasteiger charge is 2.11. The molecule has 0 aliphatic carbocycles. The molecule has 184 valence electrons. The molecule has 0 saturated carbocycles. The number of carboxylic acids is 1. The molecule has 0 bridgehead atoms. The molecule has 8 nitrogen and oxygen atoms in total. The summed E-state index contributed by atoms with van der Waals surface area (Å²) in [6.07, 6.45) is 1.74. The molecule has 0 heterocycles. The van der Waals surface area contributed by atoms with E-state index in [1.807, 2.05) is 48.5 Å². The van der Waals surface area contributed by atoms with Gasteiger partial charge in [0.2, 0.25) is 0 Å². The average Bonchev–Trinajstić information content (AvgIpc) is 2.85. The van der Waals surface area contributed by atoms with Crippen LogP contribution in [0.5, 0.6) is 11.5 Å². The summed E-state index contributed by atoms with van der Waals surface area (Å²) < 4.78 is 34.9. The molecule has 0 atom stereocenters. The second-order valence-corrected chi connectivity index (χ2v) is 9.79. The average molecular weight is 498 g/mol. The van der Waals surface area contributed by atoms with Crippen molar-refractivity contribution in [3.8, 4) is 11.5 Å². The van der Waals surface area contributed by atoms with Crippen molar-refractivity contribution in [2.45, 2.75) is 24.3 Å². The van der Waals surface area contributed by atoms with Crippen LogP contribution in [0.1, 0.15) is 23.1 Å². The van der Waals surface area contributed by atoms with Crippen LogP contribution in [0.4, 0.5) is 0 Å². The molecule has 0 unspecified atom stereocenters. The van der Waals surface area contributed by atoms with Gasteiger partial charge in [-0.1, -0.05) is 41.6 Å². The van der Waals surface area contributed by atoms with Crippen LogP contribution < -0.4 is 9.47 Å². The Labute approximate surface area is 204 Å². The standard InChI is InChI=1S/C26H27NO7S/c1-32-27-25(21-8-14-24(15-9-21)35(2,30)31)18-34-23-12-5-20(6-13-23)17-33-22-10-3-19(4-11-22)7-16-26(28)29/h3-6,8-15H,7,16-18H2,1-2H3,(H,28,29). The molecule has 35 heavy (non-hydrogen) atoms. The maximum atomic E-state index is 11.7. The van der Waals surface area contributed by atoms with Gasteiger partial charge in [-0.3, -0.25) is 4.79 Å². The SMILES string of the molecule is CON=C(COc1ccc(COc2ccc(CCC(=O)O)cc2)cc1)c1ccc(S(C)(=O)=O)cc1. The lowest BCUT2D eigenvalue weighted by molar-refractivity contribution is -0.136. The first kappa shape index (κ1) is 25.8. The first-order chi connectivity index (χ1) is 16.7. The first-order valence-electron chi connectivity index (χ1n) is 10.8. The minimum absolute atomic E-state index is 0.100. The van der Waals surface area contributed by atoms with E-state index in [1.165, 1.54) is 19.2 Å². The summed E-state index contributed by atoms with van der Waals surface area (Å²) in [6.45, 7) is 0.508. The first-order valence-corrected chi connectivity index (χ1v) is 12.7. The van der Waals surface area contributed by atoms with Gasteiger partial charge in [0.1, 0.15) is 37.5 Å². The summed E-state index contributed by atoms with van der Waals surface area (Å²) in [5.41, 5.74) is 3.11. The minimum atomic E-state index is -3.28. The Bertz CT molecular complexity index is 1250. The van der Waals surface area contributed by atoms with Crippen molar-refractivity contribution < 1.29 is 32.6 Å². The number of rotatable bonds is 12. The molecule has 0 fully saturated rings. The summed E-state index contributed by atoms with van der Waals surface area (Å²) in [4.78, 5) is 15.8. The van der Waals surface area contributed by atoms with Crippen LogP contribution in [0.25, 0.3) is 0 Å². The molecule has 3 rings (SSSR count). The number of oxime groups is 1. The van der Waals surface area contributed by atoms with E-state index in [9.17, 15) is 13.2 Å². The number of carbonyl (C=O) groups is 1. The third-order valence-electron chi connectivity index (χ3n) is 5.07. The van der Waals surface area contributed by atoms with Crippen molar-refractivity contribution in [2.75, 3.05) is 20.0 Å². The van der Waals surface area contributed by atoms with Crippen LogP contribution in [0.3, 0.4) is 0 Å². The maximum Gasteiger partial charge on any atom is 0.303 e. The van der Waals surface area contributed by atoms with Crippen molar-refractivity contribution in [3.05, 3.63) is 89.5 Å². The van der Waals surface area contributed by atoms with Crippen LogP contribution in [0.15, 0.2) is 82.8 Å². The highest BCUT2D eigenvalue weighted by Crippen LogP contribution is 2.18. The van der Waals surface area contributed by atoms with Gasteiger partial charge >= 0.3 is 5.97 Å². The second-order valence-electron chi connectivity index (χ2n) is 7.78. The zero-order chi connectivity index (χ0) is 25.3. The van der Waals surface area contributed by atoms with E-state index in [-0.39, 0.29) is 17.9 Å². The van der Waals surface area contributed by atoms with Crippen molar-refractivity contribution in [1.82, 2.24) is 0 Å². The quantitative estimate of drug-likeness (QED) is 0.296.